The number of ether oxygens (including phenoxy) is 1. The van der Waals surface area contributed by atoms with Crippen molar-refractivity contribution in [3.05, 3.63) is 24.3 Å². The monoisotopic (exact) mass is 223 g/mol. The largest absolute Gasteiger partial charge is 0.492 e. The third kappa shape index (κ3) is 2.64. The molecule has 16 heavy (non-hydrogen) atoms. The van der Waals surface area contributed by atoms with Crippen molar-refractivity contribution in [1.82, 2.24) is 5.43 Å². The van der Waals surface area contributed by atoms with Gasteiger partial charge < -0.3 is 4.74 Å². The van der Waals surface area contributed by atoms with Gasteiger partial charge in [-0.25, -0.2) is 10.6 Å². The van der Waals surface area contributed by atoms with Crippen LogP contribution in [0.5, 0.6) is 5.75 Å². The zero-order chi connectivity index (χ0) is 12.0. The summed E-state index contributed by atoms with van der Waals surface area (Å²) >= 11 is 0. The molecule has 0 fully saturated rings. The minimum absolute atomic E-state index is 0.352. The highest BCUT2D eigenvalue weighted by molar-refractivity contribution is 5.93. The Hall–Kier alpha value is -1.75. The van der Waals surface area contributed by atoms with Gasteiger partial charge in [-0.2, -0.15) is 0 Å². The molecule has 1 aromatic rings. The Bertz CT molecular complexity index is 355. The van der Waals surface area contributed by atoms with Crippen molar-refractivity contribution in [1.29, 1.82) is 0 Å². The fourth-order valence-corrected chi connectivity index (χ4v) is 1.46. The van der Waals surface area contributed by atoms with Gasteiger partial charge in [0.15, 0.2) is 0 Å². The summed E-state index contributed by atoms with van der Waals surface area (Å²) in [6, 6.07) is 7.01. The second-order valence-electron chi connectivity index (χ2n) is 3.09. The fraction of sp³-hybridized carbons (Fsp3) is 0.364. The van der Waals surface area contributed by atoms with Crippen LogP contribution >= 0.6 is 0 Å². The summed E-state index contributed by atoms with van der Waals surface area (Å²) in [6.07, 6.45) is 0. The number of urea groups is 1. The molecule has 0 heterocycles. The molecule has 0 bridgehead atoms. The van der Waals surface area contributed by atoms with Crippen LogP contribution in [0.15, 0.2) is 24.3 Å². The third-order valence-corrected chi connectivity index (χ3v) is 2.14. The quantitative estimate of drug-likeness (QED) is 0.461. The van der Waals surface area contributed by atoms with Gasteiger partial charge in [0.1, 0.15) is 5.75 Å². The molecule has 1 rings (SSSR count). The van der Waals surface area contributed by atoms with Crippen molar-refractivity contribution in [2.75, 3.05) is 18.1 Å². The van der Waals surface area contributed by atoms with Crippen LogP contribution in [0.4, 0.5) is 10.5 Å². The molecule has 0 radical (unpaired) electrons. The maximum Gasteiger partial charge on any atom is 0.336 e. The van der Waals surface area contributed by atoms with E-state index in [-0.39, 0.29) is 6.03 Å². The van der Waals surface area contributed by atoms with Crippen LogP contribution in [0, 0.1) is 0 Å². The summed E-state index contributed by atoms with van der Waals surface area (Å²) in [7, 11) is 0. The lowest BCUT2D eigenvalue weighted by Crippen LogP contribution is -2.43. The standard InChI is InChI=1S/C11H17N3O2/c1-3-14(11(15)13-12)9-7-5-6-8-10(9)16-4-2/h5-8H,3-4,12H2,1-2H3,(H,13,15). The van der Waals surface area contributed by atoms with E-state index in [1.165, 1.54) is 4.90 Å². The van der Waals surface area contributed by atoms with Gasteiger partial charge in [0.2, 0.25) is 0 Å². The van der Waals surface area contributed by atoms with Gasteiger partial charge >= 0.3 is 6.03 Å². The van der Waals surface area contributed by atoms with E-state index >= 15 is 0 Å². The van der Waals surface area contributed by atoms with Crippen LogP contribution < -0.4 is 20.9 Å². The Morgan fingerprint density at radius 1 is 1.44 bits per heavy atom. The first-order valence-corrected chi connectivity index (χ1v) is 5.24. The zero-order valence-corrected chi connectivity index (χ0v) is 9.56. The van der Waals surface area contributed by atoms with E-state index in [0.717, 1.165) is 5.69 Å². The molecule has 0 unspecified atom stereocenters. The van der Waals surface area contributed by atoms with Crippen LogP contribution in [0.3, 0.4) is 0 Å². The Morgan fingerprint density at radius 2 is 2.12 bits per heavy atom. The number of hydrogen-bond donors (Lipinski definition) is 2. The summed E-state index contributed by atoms with van der Waals surface area (Å²) in [5, 5.41) is 0. The lowest BCUT2D eigenvalue weighted by Gasteiger charge is -2.22. The van der Waals surface area contributed by atoms with Gasteiger partial charge in [0.25, 0.3) is 0 Å². The van der Waals surface area contributed by atoms with Crippen LogP contribution in [0.1, 0.15) is 13.8 Å². The van der Waals surface area contributed by atoms with E-state index in [1.54, 1.807) is 0 Å². The van der Waals surface area contributed by atoms with Crippen LogP contribution in [0.2, 0.25) is 0 Å². The van der Waals surface area contributed by atoms with Crippen molar-refractivity contribution in [3.8, 4) is 5.75 Å². The first-order valence-electron chi connectivity index (χ1n) is 5.24. The number of para-hydroxylation sites is 2. The molecule has 3 N–H and O–H groups in total. The van der Waals surface area contributed by atoms with E-state index in [9.17, 15) is 4.79 Å². The van der Waals surface area contributed by atoms with Crippen molar-refractivity contribution in [2.24, 2.45) is 5.84 Å². The van der Waals surface area contributed by atoms with Crippen molar-refractivity contribution in [3.63, 3.8) is 0 Å². The average Bonchev–Trinajstić information content (AvgIpc) is 2.32. The number of rotatable bonds is 4. The summed E-state index contributed by atoms with van der Waals surface area (Å²) in [6.45, 7) is 4.85. The number of hydrogen-bond acceptors (Lipinski definition) is 3. The number of nitrogens with zero attached hydrogens (tertiary/aromatic N) is 1. The molecule has 5 heteroatoms. The summed E-state index contributed by atoms with van der Waals surface area (Å²) < 4.78 is 5.45. The minimum Gasteiger partial charge on any atom is -0.492 e. The van der Waals surface area contributed by atoms with E-state index in [4.69, 9.17) is 10.6 Å². The number of carbonyl (C=O) groups excluding carboxylic acids is 1. The lowest BCUT2D eigenvalue weighted by molar-refractivity contribution is 0.246. The van der Waals surface area contributed by atoms with Gasteiger partial charge in [0.05, 0.1) is 12.3 Å². The molecular weight excluding hydrogens is 206 g/mol. The van der Waals surface area contributed by atoms with Gasteiger partial charge in [0, 0.05) is 6.54 Å². The van der Waals surface area contributed by atoms with Crippen molar-refractivity contribution in [2.45, 2.75) is 13.8 Å². The number of nitrogens with two attached hydrogens (primary N) is 1. The second-order valence-corrected chi connectivity index (χ2v) is 3.09. The van der Waals surface area contributed by atoms with Crippen molar-refractivity contribution >= 4 is 11.7 Å². The average molecular weight is 223 g/mol. The van der Waals surface area contributed by atoms with Crippen LogP contribution in [-0.2, 0) is 0 Å². The first-order chi connectivity index (χ1) is 7.74. The van der Waals surface area contributed by atoms with E-state index in [0.29, 0.717) is 18.9 Å². The molecule has 0 aliphatic heterocycles. The number of hydrazine groups is 1. The molecular formula is C11H17N3O2. The summed E-state index contributed by atoms with van der Waals surface area (Å²) in [5.74, 6) is 5.80. The van der Waals surface area contributed by atoms with Crippen LogP contribution in [-0.4, -0.2) is 19.2 Å². The molecule has 2 amide bonds. The Balaban J connectivity index is 3.03. The lowest BCUT2D eigenvalue weighted by atomic mass is 10.2. The third-order valence-electron chi connectivity index (χ3n) is 2.14. The van der Waals surface area contributed by atoms with Crippen LogP contribution in [0.25, 0.3) is 0 Å². The smallest absolute Gasteiger partial charge is 0.336 e. The molecule has 0 aromatic heterocycles. The van der Waals surface area contributed by atoms with Gasteiger partial charge in [-0.1, -0.05) is 12.1 Å². The number of anilines is 1. The molecule has 1 aromatic carbocycles. The first kappa shape index (κ1) is 12.3. The normalized spacial score (nSPS) is 9.69. The molecule has 0 spiro atoms. The molecule has 5 nitrogen and oxygen atoms in total. The SMILES string of the molecule is CCOc1ccccc1N(CC)C(=O)NN. The Morgan fingerprint density at radius 3 is 2.69 bits per heavy atom. The Labute approximate surface area is 95.2 Å². The fourth-order valence-electron chi connectivity index (χ4n) is 1.46. The molecule has 0 atom stereocenters. The number of nitrogens with one attached hydrogen (secondary N) is 1. The van der Waals surface area contributed by atoms with Gasteiger partial charge in [-0.3, -0.25) is 10.3 Å². The maximum atomic E-state index is 11.5. The molecule has 0 aliphatic carbocycles. The molecule has 0 saturated carbocycles. The molecule has 88 valence electrons. The molecule has 0 aliphatic rings. The predicted molar refractivity (Wildman–Crippen MR) is 63.4 cm³/mol. The maximum absolute atomic E-state index is 11.5. The summed E-state index contributed by atoms with van der Waals surface area (Å²) in [5.41, 5.74) is 2.83. The Kier molecular flexibility index (Phi) is 4.60. The minimum atomic E-state index is -0.352. The number of amides is 2. The topological polar surface area (TPSA) is 67.6 Å². The van der Waals surface area contributed by atoms with Crippen molar-refractivity contribution < 1.29 is 9.53 Å². The zero-order valence-electron chi connectivity index (χ0n) is 9.56. The van der Waals surface area contributed by atoms with Gasteiger partial charge in [-0.15, -0.1) is 0 Å². The number of benzene rings is 1. The highest BCUT2D eigenvalue weighted by Crippen LogP contribution is 2.27. The van der Waals surface area contributed by atoms with E-state index < -0.39 is 0 Å². The van der Waals surface area contributed by atoms with E-state index in [2.05, 4.69) is 5.43 Å². The predicted octanol–water partition coefficient (Wildman–Crippen LogP) is 1.49. The van der Waals surface area contributed by atoms with Gasteiger partial charge in [-0.05, 0) is 26.0 Å². The highest BCUT2D eigenvalue weighted by Gasteiger charge is 2.16. The number of carbonyl (C=O) groups is 1. The summed E-state index contributed by atoms with van der Waals surface area (Å²) in [4.78, 5) is 13.1. The highest BCUT2D eigenvalue weighted by atomic mass is 16.5. The second kappa shape index (κ2) is 5.97. The molecule has 0 saturated heterocycles. The van der Waals surface area contributed by atoms with E-state index in [1.807, 2.05) is 38.1 Å².